The van der Waals surface area contributed by atoms with Crippen molar-refractivity contribution in [2.45, 2.75) is 51.7 Å². The van der Waals surface area contributed by atoms with Gasteiger partial charge >= 0.3 is 12.1 Å². The van der Waals surface area contributed by atoms with Crippen LogP contribution in [0.1, 0.15) is 45.2 Å². The summed E-state index contributed by atoms with van der Waals surface area (Å²) in [5.41, 5.74) is 2.48. The van der Waals surface area contributed by atoms with Gasteiger partial charge in [-0.05, 0) is 87.1 Å². The first kappa shape index (κ1) is 24.5. The Hall–Kier alpha value is -3.22. The molecule has 1 amide bonds. The molecule has 190 valence electrons. The third kappa shape index (κ3) is 5.01. The van der Waals surface area contributed by atoms with Crippen LogP contribution in [0.25, 0.3) is 17.2 Å². The number of fused-ring (bicyclic) bond motifs is 2. The lowest BCUT2D eigenvalue weighted by molar-refractivity contribution is -0.144. The molecule has 2 aliphatic carbocycles. The average Bonchev–Trinajstić information content (AvgIpc) is 3.15. The standard InChI is InChI=1S/C29H33FN2O4/c1-3-35-29(34)32-23-10-11-24-20(14-23)15-26-27(17(2)36-28(26)33)25(24)12-9-22-8-7-19(16-31-22)18-5-4-6-21(30)13-18/h4-9,12-13,16-17,20,23-27H,3,10-11,14-15H2,1-2H3,(H,32,34)/t17-,20-,23-,24-,25+,26+,27+/m1/s1. The Balaban J connectivity index is 1.34. The molecule has 1 aliphatic heterocycles. The van der Waals surface area contributed by atoms with Gasteiger partial charge in [0.25, 0.3) is 0 Å². The fourth-order valence-corrected chi connectivity index (χ4v) is 6.64. The van der Waals surface area contributed by atoms with Crippen LogP contribution in [0.15, 0.2) is 48.7 Å². The van der Waals surface area contributed by atoms with Crippen molar-refractivity contribution in [2.24, 2.45) is 29.6 Å². The number of amides is 1. The summed E-state index contributed by atoms with van der Waals surface area (Å²) < 4.78 is 24.3. The maximum atomic E-state index is 13.6. The SMILES string of the molecule is CCOC(=O)N[C@@H]1CC[C@@H]2[C@H](C1)C[C@@H]1C(=O)O[C@H](C)[C@H]1[C@H]2C=Cc1ccc(-c2cccc(F)c2)cn1. The summed E-state index contributed by atoms with van der Waals surface area (Å²) in [6.45, 7) is 4.15. The molecule has 1 saturated heterocycles. The number of rotatable bonds is 5. The van der Waals surface area contributed by atoms with Crippen LogP contribution >= 0.6 is 0 Å². The van der Waals surface area contributed by atoms with Crippen LogP contribution in [0.5, 0.6) is 0 Å². The molecule has 1 aromatic carbocycles. The van der Waals surface area contributed by atoms with Crippen LogP contribution in [0.3, 0.4) is 0 Å². The van der Waals surface area contributed by atoms with Crippen molar-refractivity contribution in [3.05, 3.63) is 60.2 Å². The number of alkyl carbamates (subject to hydrolysis) is 1. The summed E-state index contributed by atoms with van der Waals surface area (Å²) in [5, 5.41) is 3.00. The number of cyclic esters (lactones) is 1. The topological polar surface area (TPSA) is 77.5 Å². The summed E-state index contributed by atoms with van der Waals surface area (Å²) in [6.07, 6.45) is 9.07. The first-order chi connectivity index (χ1) is 17.4. The highest BCUT2D eigenvalue weighted by molar-refractivity contribution is 5.75. The number of hydrogen-bond acceptors (Lipinski definition) is 5. The quantitative estimate of drug-likeness (QED) is 0.548. The second kappa shape index (κ2) is 10.4. The fraction of sp³-hybridized carbons (Fsp3) is 0.483. The number of allylic oxidation sites excluding steroid dienone is 1. The number of carbonyl (C=O) groups is 2. The van der Waals surface area contributed by atoms with E-state index in [0.29, 0.717) is 18.4 Å². The molecular formula is C29H33FN2O4. The smallest absolute Gasteiger partial charge is 0.407 e. The molecule has 0 radical (unpaired) electrons. The molecule has 0 bridgehead atoms. The number of ether oxygens (including phenoxy) is 2. The zero-order valence-corrected chi connectivity index (χ0v) is 20.7. The Kier molecular flexibility index (Phi) is 7.08. The normalized spacial score (nSPS) is 31.4. The maximum Gasteiger partial charge on any atom is 0.407 e. The minimum absolute atomic E-state index is 0.0679. The predicted octanol–water partition coefficient (Wildman–Crippen LogP) is 5.63. The number of hydrogen-bond donors (Lipinski definition) is 1. The van der Waals surface area contributed by atoms with E-state index in [1.54, 1.807) is 19.2 Å². The number of esters is 1. The average molecular weight is 493 g/mol. The van der Waals surface area contributed by atoms with Crippen LogP contribution in [0, 0.1) is 35.4 Å². The van der Waals surface area contributed by atoms with Gasteiger partial charge in [0.2, 0.25) is 0 Å². The van der Waals surface area contributed by atoms with Crippen molar-refractivity contribution in [3.8, 4) is 11.1 Å². The molecule has 1 N–H and O–H groups in total. The van der Waals surface area contributed by atoms with Gasteiger partial charge in [0, 0.05) is 23.7 Å². The van der Waals surface area contributed by atoms with Crippen LogP contribution in [-0.2, 0) is 14.3 Å². The van der Waals surface area contributed by atoms with E-state index in [4.69, 9.17) is 9.47 Å². The van der Waals surface area contributed by atoms with E-state index < -0.39 is 0 Å². The monoisotopic (exact) mass is 492 g/mol. The van der Waals surface area contributed by atoms with E-state index in [2.05, 4.69) is 16.4 Å². The third-order valence-corrected chi connectivity index (χ3v) is 8.18. The summed E-state index contributed by atoms with van der Waals surface area (Å²) in [6, 6.07) is 10.4. The summed E-state index contributed by atoms with van der Waals surface area (Å²) in [5.74, 6) is 0.629. The van der Waals surface area contributed by atoms with Gasteiger partial charge in [0.15, 0.2) is 0 Å². The maximum absolute atomic E-state index is 13.6. The van der Waals surface area contributed by atoms with Crippen molar-refractivity contribution in [1.29, 1.82) is 0 Å². The van der Waals surface area contributed by atoms with Crippen molar-refractivity contribution < 1.29 is 23.5 Å². The molecule has 5 rings (SSSR count). The lowest BCUT2D eigenvalue weighted by Crippen LogP contribution is -2.48. The zero-order chi connectivity index (χ0) is 25.2. The molecule has 36 heavy (non-hydrogen) atoms. The van der Waals surface area contributed by atoms with Crippen LogP contribution in [0.4, 0.5) is 9.18 Å². The van der Waals surface area contributed by atoms with Crippen LogP contribution in [0.2, 0.25) is 0 Å². The zero-order valence-electron chi connectivity index (χ0n) is 20.7. The van der Waals surface area contributed by atoms with Crippen molar-refractivity contribution in [2.75, 3.05) is 6.61 Å². The molecule has 1 aromatic heterocycles. The largest absolute Gasteiger partial charge is 0.462 e. The number of nitrogens with zero attached hydrogens (tertiary/aromatic N) is 1. The van der Waals surface area contributed by atoms with Gasteiger partial charge < -0.3 is 14.8 Å². The lowest BCUT2D eigenvalue weighted by Gasteiger charge is -2.47. The van der Waals surface area contributed by atoms with Crippen LogP contribution < -0.4 is 5.32 Å². The second-order valence-electron chi connectivity index (χ2n) is 10.3. The van der Waals surface area contributed by atoms with Gasteiger partial charge in [0.05, 0.1) is 18.2 Å². The first-order valence-electron chi connectivity index (χ1n) is 13.0. The Labute approximate surface area is 211 Å². The number of pyridine rings is 1. The Bertz CT molecular complexity index is 1130. The number of carbonyl (C=O) groups excluding carboxylic acids is 2. The highest BCUT2D eigenvalue weighted by Gasteiger charge is 2.54. The third-order valence-electron chi connectivity index (χ3n) is 8.18. The van der Waals surface area contributed by atoms with E-state index in [-0.39, 0.29) is 47.8 Å². The molecule has 0 unspecified atom stereocenters. The molecule has 0 spiro atoms. The van der Waals surface area contributed by atoms with E-state index in [0.717, 1.165) is 42.5 Å². The second-order valence-corrected chi connectivity index (χ2v) is 10.3. The minimum Gasteiger partial charge on any atom is -0.462 e. The predicted molar refractivity (Wildman–Crippen MR) is 134 cm³/mol. The van der Waals surface area contributed by atoms with Gasteiger partial charge in [-0.1, -0.05) is 24.3 Å². The van der Waals surface area contributed by atoms with Gasteiger partial charge in [0.1, 0.15) is 11.9 Å². The van der Waals surface area contributed by atoms with Gasteiger partial charge in [-0.2, -0.15) is 0 Å². The van der Waals surface area contributed by atoms with E-state index in [1.807, 2.05) is 31.2 Å². The van der Waals surface area contributed by atoms with Crippen molar-refractivity contribution >= 4 is 18.1 Å². The molecule has 2 aromatic rings. The Morgan fingerprint density at radius 1 is 1.22 bits per heavy atom. The van der Waals surface area contributed by atoms with Crippen molar-refractivity contribution in [1.82, 2.24) is 10.3 Å². The van der Waals surface area contributed by atoms with Crippen molar-refractivity contribution in [3.63, 3.8) is 0 Å². The Morgan fingerprint density at radius 2 is 2.08 bits per heavy atom. The molecular weight excluding hydrogens is 459 g/mol. The number of benzene rings is 1. The molecule has 2 heterocycles. The summed E-state index contributed by atoms with van der Waals surface area (Å²) in [4.78, 5) is 29.2. The molecule has 7 heteroatoms. The fourth-order valence-electron chi connectivity index (χ4n) is 6.64. The molecule has 3 aliphatic rings. The number of nitrogens with one attached hydrogen (secondary N) is 1. The van der Waals surface area contributed by atoms with Crippen LogP contribution in [-0.4, -0.2) is 35.8 Å². The minimum atomic E-state index is -0.368. The molecule has 3 fully saturated rings. The molecule has 7 atom stereocenters. The van der Waals surface area contributed by atoms with E-state index in [1.165, 1.54) is 12.1 Å². The lowest BCUT2D eigenvalue weighted by atomic mass is 9.57. The number of aromatic nitrogens is 1. The highest BCUT2D eigenvalue weighted by atomic mass is 19.1. The highest BCUT2D eigenvalue weighted by Crippen LogP contribution is 2.53. The first-order valence-corrected chi connectivity index (χ1v) is 13.0. The summed E-state index contributed by atoms with van der Waals surface area (Å²) in [7, 11) is 0. The molecule has 6 nitrogen and oxygen atoms in total. The van der Waals surface area contributed by atoms with E-state index in [9.17, 15) is 14.0 Å². The van der Waals surface area contributed by atoms with E-state index >= 15 is 0 Å². The Morgan fingerprint density at radius 3 is 2.83 bits per heavy atom. The van der Waals surface area contributed by atoms with Gasteiger partial charge in [-0.15, -0.1) is 0 Å². The van der Waals surface area contributed by atoms with Gasteiger partial charge in [-0.3, -0.25) is 9.78 Å². The molecule has 2 saturated carbocycles. The van der Waals surface area contributed by atoms with Gasteiger partial charge in [-0.25, -0.2) is 9.18 Å². The number of halogens is 1. The summed E-state index contributed by atoms with van der Waals surface area (Å²) >= 11 is 0.